The van der Waals surface area contributed by atoms with E-state index in [0.717, 1.165) is 13.0 Å². The number of ether oxygens (including phenoxy) is 1. The van der Waals surface area contributed by atoms with Crippen LogP contribution < -0.4 is 10.5 Å². The molecule has 0 aliphatic rings. The van der Waals surface area contributed by atoms with E-state index in [4.69, 9.17) is 10.5 Å². The van der Waals surface area contributed by atoms with Gasteiger partial charge in [0.15, 0.2) is 0 Å². The lowest BCUT2D eigenvalue weighted by Crippen LogP contribution is -2.34. The lowest BCUT2D eigenvalue weighted by atomic mass is 10.1. The van der Waals surface area contributed by atoms with E-state index in [9.17, 15) is 4.79 Å². The van der Waals surface area contributed by atoms with Crippen molar-refractivity contribution >= 4 is 11.6 Å². The van der Waals surface area contributed by atoms with Crippen molar-refractivity contribution in [2.75, 3.05) is 25.4 Å². The molecule has 20 heavy (non-hydrogen) atoms. The summed E-state index contributed by atoms with van der Waals surface area (Å²) >= 11 is 0. The minimum Gasteiger partial charge on any atom is -0.494 e. The molecule has 2 N–H and O–H groups in total. The van der Waals surface area contributed by atoms with Crippen LogP contribution >= 0.6 is 0 Å². The molecule has 0 aliphatic carbocycles. The topological polar surface area (TPSA) is 55.6 Å². The fourth-order valence-corrected chi connectivity index (χ4v) is 2.04. The Balaban J connectivity index is 2.93. The summed E-state index contributed by atoms with van der Waals surface area (Å²) in [6, 6.07) is 5.22. The zero-order valence-corrected chi connectivity index (χ0v) is 13.0. The van der Waals surface area contributed by atoms with E-state index in [1.807, 2.05) is 18.7 Å². The van der Waals surface area contributed by atoms with Gasteiger partial charge < -0.3 is 15.4 Å². The maximum absolute atomic E-state index is 12.6. The van der Waals surface area contributed by atoms with Gasteiger partial charge in [0, 0.05) is 30.4 Å². The third-order valence-electron chi connectivity index (χ3n) is 3.38. The summed E-state index contributed by atoms with van der Waals surface area (Å²) in [5.41, 5.74) is 7.00. The van der Waals surface area contributed by atoms with Gasteiger partial charge >= 0.3 is 0 Å². The fourth-order valence-electron chi connectivity index (χ4n) is 2.04. The van der Waals surface area contributed by atoms with Crippen LogP contribution in [0, 0.1) is 5.92 Å². The molecule has 0 bridgehead atoms. The van der Waals surface area contributed by atoms with Gasteiger partial charge in [-0.15, -0.1) is 0 Å². The van der Waals surface area contributed by atoms with Crippen LogP contribution in [-0.2, 0) is 0 Å². The van der Waals surface area contributed by atoms with Crippen molar-refractivity contribution in [2.24, 2.45) is 5.92 Å². The van der Waals surface area contributed by atoms with Crippen molar-refractivity contribution in [2.45, 2.75) is 34.1 Å². The van der Waals surface area contributed by atoms with Gasteiger partial charge in [0.1, 0.15) is 5.75 Å². The number of amides is 1. The lowest BCUT2D eigenvalue weighted by molar-refractivity contribution is 0.0740. The molecule has 0 fully saturated rings. The highest BCUT2D eigenvalue weighted by Gasteiger charge is 2.17. The molecule has 1 amide bonds. The minimum atomic E-state index is 0.0149. The van der Waals surface area contributed by atoms with Crippen LogP contribution in [0.5, 0.6) is 5.75 Å². The molecule has 112 valence electrons. The minimum absolute atomic E-state index is 0.0149. The molecule has 0 saturated carbocycles. The van der Waals surface area contributed by atoms with Crippen molar-refractivity contribution in [3.8, 4) is 5.75 Å². The van der Waals surface area contributed by atoms with E-state index in [0.29, 0.717) is 36.1 Å². The first-order chi connectivity index (χ1) is 9.51. The van der Waals surface area contributed by atoms with Crippen LogP contribution in [0.2, 0.25) is 0 Å². The summed E-state index contributed by atoms with van der Waals surface area (Å²) in [5, 5.41) is 0. The smallest absolute Gasteiger partial charge is 0.254 e. The molecule has 1 rings (SSSR count). The second-order valence-corrected chi connectivity index (χ2v) is 5.08. The first-order valence-electron chi connectivity index (χ1n) is 7.34. The zero-order chi connectivity index (χ0) is 15.1. The molecule has 0 aromatic heterocycles. The van der Waals surface area contributed by atoms with Crippen molar-refractivity contribution < 1.29 is 9.53 Å². The van der Waals surface area contributed by atoms with Crippen LogP contribution in [0.4, 0.5) is 5.69 Å². The Bertz CT molecular complexity index is 446. The SMILES string of the molecule is CCOc1cc(N)cc(C(=O)N(CC)CC(C)CC)c1. The van der Waals surface area contributed by atoms with E-state index in [1.54, 1.807) is 18.2 Å². The summed E-state index contributed by atoms with van der Waals surface area (Å²) in [7, 11) is 0. The predicted octanol–water partition coefficient (Wildman–Crippen LogP) is 3.18. The van der Waals surface area contributed by atoms with Gasteiger partial charge in [0.25, 0.3) is 5.91 Å². The lowest BCUT2D eigenvalue weighted by Gasteiger charge is -2.24. The van der Waals surface area contributed by atoms with E-state index in [1.165, 1.54) is 0 Å². The molecule has 0 spiro atoms. The third-order valence-corrected chi connectivity index (χ3v) is 3.38. The van der Waals surface area contributed by atoms with Gasteiger partial charge in [-0.3, -0.25) is 4.79 Å². The maximum atomic E-state index is 12.6. The molecule has 1 aromatic rings. The van der Waals surface area contributed by atoms with Gasteiger partial charge in [0.05, 0.1) is 6.61 Å². The zero-order valence-electron chi connectivity index (χ0n) is 13.0. The summed E-state index contributed by atoms with van der Waals surface area (Å²) < 4.78 is 5.44. The maximum Gasteiger partial charge on any atom is 0.254 e. The quantitative estimate of drug-likeness (QED) is 0.779. The second kappa shape index (κ2) is 7.78. The number of rotatable bonds is 7. The highest BCUT2D eigenvalue weighted by atomic mass is 16.5. The number of nitrogens with zero attached hydrogens (tertiary/aromatic N) is 1. The van der Waals surface area contributed by atoms with Crippen molar-refractivity contribution in [1.29, 1.82) is 0 Å². The fraction of sp³-hybridized carbons (Fsp3) is 0.562. The largest absolute Gasteiger partial charge is 0.494 e. The molecule has 4 nitrogen and oxygen atoms in total. The predicted molar refractivity (Wildman–Crippen MR) is 83.1 cm³/mol. The molecule has 0 heterocycles. The summed E-state index contributed by atoms with van der Waals surface area (Å²) in [5.74, 6) is 1.16. The van der Waals surface area contributed by atoms with Gasteiger partial charge in [-0.2, -0.15) is 0 Å². The molecule has 1 unspecified atom stereocenters. The van der Waals surface area contributed by atoms with Crippen molar-refractivity contribution in [3.63, 3.8) is 0 Å². The summed E-state index contributed by atoms with van der Waals surface area (Å²) in [4.78, 5) is 14.4. The van der Waals surface area contributed by atoms with E-state index in [2.05, 4.69) is 13.8 Å². The van der Waals surface area contributed by atoms with Gasteiger partial charge in [0.2, 0.25) is 0 Å². The normalized spacial score (nSPS) is 12.0. The van der Waals surface area contributed by atoms with Crippen LogP contribution in [0.3, 0.4) is 0 Å². The number of carbonyl (C=O) groups excluding carboxylic acids is 1. The summed E-state index contributed by atoms with van der Waals surface area (Å²) in [6.07, 6.45) is 1.06. The monoisotopic (exact) mass is 278 g/mol. The molecular weight excluding hydrogens is 252 g/mol. The highest BCUT2D eigenvalue weighted by Crippen LogP contribution is 2.20. The average Bonchev–Trinajstić information content (AvgIpc) is 2.43. The Morgan fingerprint density at radius 1 is 1.30 bits per heavy atom. The van der Waals surface area contributed by atoms with Gasteiger partial charge in [-0.05, 0) is 31.9 Å². The molecule has 0 saturated heterocycles. The van der Waals surface area contributed by atoms with Crippen LogP contribution in [0.1, 0.15) is 44.5 Å². The molecule has 0 aliphatic heterocycles. The number of hydrogen-bond acceptors (Lipinski definition) is 3. The van der Waals surface area contributed by atoms with E-state index in [-0.39, 0.29) is 5.91 Å². The Hall–Kier alpha value is -1.71. The Labute approximate surface area is 121 Å². The standard InChI is InChI=1S/C16H26N2O2/c1-5-12(4)11-18(6-2)16(19)13-8-14(17)10-15(9-13)20-7-3/h8-10,12H,5-7,11,17H2,1-4H3. The van der Waals surface area contributed by atoms with Gasteiger partial charge in [-0.1, -0.05) is 20.3 Å². The number of nitrogens with two attached hydrogens (primary N) is 1. The number of benzene rings is 1. The molecule has 0 radical (unpaired) electrons. The second-order valence-electron chi connectivity index (χ2n) is 5.08. The number of nitrogen functional groups attached to an aromatic ring is 1. The first kappa shape index (κ1) is 16.3. The van der Waals surface area contributed by atoms with E-state index >= 15 is 0 Å². The number of carbonyl (C=O) groups is 1. The van der Waals surface area contributed by atoms with Crippen molar-refractivity contribution in [3.05, 3.63) is 23.8 Å². The number of anilines is 1. The Morgan fingerprint density at radius 2 is 2.00 bits per heavy atom. The summed E-state index contributed by atoms with van der Waals surface area (Å²) in [6.45, 7) is 10.2. The first-order valence-corrected chi connectivity index (χ1v) is 7.34. The third kappa shape index (κ3) is 4.44. The van der Waals surface area contributed by atoms with Crippen LogP contribution in [0.15, 0.2) is 18.2 Å². The molecule has 1 aromatic carbocycles. The Kier molecular flexibility index (Phi) is 6.36. The highest BCUT2D eigenvalue weighted by molar-refractivity contribution is 5.95. The van der Waals surface area contributed by atoms with Crippen LogP contribution in [-0.4, -0.2) is 30.5 Å². The van der Waals surface area contributed by atoms with E-state index < -0.39 is 0 Å². The molecule has 4 heteroatoms. The van der Waals surface area contributed by atoms with Gasteiger partial charge in [-0.25, -0.2) is 0 Å². The average molecular weight is 278 g/mol. The Morgan fingerprint density at radius 3 is 2.55 bits per heavy atom. The van der Waals surface area contributed by atoms with Crippen molar-refractivity contribution in [1.82, 2.24) is 4.90 Å². The molecule has 1 atom stereocenters. The van der Waals surface area contributed by atoms with Crippen LogP contribution in [0.25, 0.3) is 0 Å². The molecular formula is C16H26N2O2. The number of hydrogen-bond donors (Lipinski definition) is 1.